The summed E-state index contributed by atoms with van der Waals surface area (Å²) in [5.41, 5.74) is 0.601. The lowest BCUT2D eigenvalue weighted by molar-refractivity contribution is -0.121. The third-order valence-corrected chi connectivity index (χ3v) is 5.35. The van der Waals surface area contributed by atoms with E-state index in [0.717, 1.165) is 9.82 Å². The summed E-state index contributed by atoms with van der Waals surface area (Å²) in [6.45, 7) is 3.10. The fourth-order valence-corrected chi connectivity index (χ4v) is 3.81. The van der Waals surface area contributed by atoms with Crippen molar-refractivity contribution in [2.45, 2.75) is 24.1 Å². The van der Waals surface area contributed by atoms with Crippen molar-refractivity contribution in [1.82, 2.24) is 14.6 Å². The number of carbonyl (C=O) groups is 2. The van der Waals surface area contributed by atoms with Gasteiger partial charge in [-0.1, -0.05) is 0 Å². The predicted molar refractivity (Wildman–Crippen MR) is 72.2 cm³/mol. The molecule has 1 amide bonds. The van der Waals surface area contributed by atoms with Gasteiger partial charge in [0, 0.05) is 13.1 Å². The summed E-state index contributed by atoms with van der Waals surface area (Å²) >= 11 is 0.701. The molecule has 1 aromatic heterocycles. The van der Waals surface area contributed by atoms with E-state index in [1.165, 1.54) is 7.05 Å². The summed E-state index contributed by atoms with van der Waals surface area (Å²) in [6, 6.07) is -0.114. The van der Waals surface area contributed by atoms with Crippen LogP contribution in [0, 0.1) is 0 Å². The molecule has 0 aliphatic heterocycles. The molecular formula is C10H15N3O5S2. The average Bonchev–Trinajstić information content (AvgIpc) is 2.76. The number of nitrogens with zero attached hydrogens (tertiary/aromatic N) is 2. The molecule has 0 aliphatic carbocycles. The Bertz CT molecular complexity index is 608. The fourth-order valence-electron chi connectivity index (χ4n) is 1.36. The van der Waals surface area contributed by atoms with Crippen molar-refractivity contribution in [3.8, 4) is 0 Å². The lowest BCUT2D eigenvalue weighted by Crippen LogP contribution is -2.40. The van der Waals surface area contributed by atoms with Gasteiger partial charge in [0.05, 0.1) is 12.1 Å². The lowest BCUT2D eigenvalue weighted by Gasteiger charge is -2.17. The highest BCUT2D eigenvalue weighted by atomic mass is 32.2. The molecule has 0 bridgehead atoms. The van der Waals surface area contributed by atoms with Crippen molar-refractivity contribution in [2.24, 2.45) is 0 Å². The summed E-state index contributed by atoms with van der Waals surface area (Å²) in [4.78, 5) is 26.0. The zero-order chi connectivity index (χ0) is 15.5. The van der Waals surface area contributed by atoms with E-state index in [2.05, 4.69) is 10.3 Å². The molecule has 20 heavy (non-hydrogen) atoms. The third-order valence-electron chi connectivity index (χ3n) is 2.20. The van der Waals surface area contributed by atoms with Gasteiger partial charge in [0.2, 0.25) is 5.91 Å². The molecule has 0 unspecified atom stereocenters. The van der Waals surface area contributed by atoms with Crippen LogP contribution in [0.5, 0.6) is 0 Å². The highest BCUT2D eigenvalue weighted by molar-refractivity contribution is 7.91. The van der Waals surface area contributed by atoms with Crippen LogP contribution in [0.4, 0.5) is 0 Å². The van der Waals surface area contributed by atoms with Crippen molar-refractivity contribution in [3.63, 3.8) is 0 Å². The number of aromatic carboxylic acids is 1. The molecule has 10 heteroatoms. The quantitative estimate of drug-likeness (QED) is 0.761. The number of carboxylic acids is 1. The van der Waals surface area contributed by atoms with Crippen molar-refractivity contribution in [3.05, 3.63) is 11.2 Å². The average molecular weight is 321 g/mol. The van der Waals surface area contributed by atoms with Gasteiger partial charge in [0.25, 0.3) is 10.0 Å². The molecule has 2 N–H and O–H groups in total. The predicted octanol–water partition coefficient (Wildman–Crippen LogP) is -0.0136. The molecule has 0 spiro atoms. The molecule has 0 radical (unpaired) electrons. The van der Waals surface area contributed by atoms with E-state index >= 15 is 0 Å². The van der Waals surface area contributed by atoms with E-state index in [9.17, 15) is 18.0 Å². The van der Waals surface area contributed by atoms with E-state index in [0.29, 0.717) is 11.3 Å². The number of amides is 1. The topological polar surface area (TPSA) is 117 Å². The lowest BCUT2D eigenvalue weighted by atomic mass is 10.4. The first-order valence-corrected chi connectivity index (χ1v) is 7.90. The maximum Gasteiger partial charge on any atom is 0.356 e. The molecule has 112 valence electrons. The van der Waals surface area contributed by atoms with Crippen LogP contribution < -0.4 is 5.32 Å². The summed E-state index contributed by atoms with van der Waals surface area (Å²) in [7, 11) is -2.85. The molecule has 0 aromatic carbocycles. The Morgan fingerprint density at radius 1 is 1.50 bits per heavy atom. The molecular weight excluding hydrogens is 306 g/mol. The molecule has 1 rings (SSSR count). The Hall–Kier alpha value is -1.52. The van der Waals surface area contributed by atoms with Crippen LogP contribution in [0.1, 0.15) is 24.3 Å². The third kappa shape index (κ3) is 3.74. The Labute approximate surface area is 120 Å². The minimum Gasteiger partial charge on any atom is -0.476 e. The maximum absolute atomic E-state index is 12.2. The molecule has 0 aliphatic rings. The van der Waals surface area contributed by atoms with Crippen LogP contribution in [0.2, 0.25) is 0 Å². The summed E-state index contributed by atoms with van der Waals surface area (Å²) < 4.78 is 24.8. The number of hydrogen-bond acceptors (Lipinski definition) is 6. The zero-order valence-electron chi connectivity index (χ0n) is 11.2. The molecule has 8 nitrogen and oxygen atoms in total. The first kappa shape index (κ1) is 16.5. The Morgan fingerprint density at radius 2 is 2.10 bits per heavy atom. The molecule has 0 fully saturated rings. The Morgan fingerprint density at radius 3 is 2.60 bits per heavy atom. The van der Waals surface area contributed by atoms with Crippen molar-refractivity contribution >= 4 is 33.2 Å². The molecule has 0 saturated heterocycles. The van der Waals surface area contributed by atoms with Gasteiger partial charge in [0.1, 0.15) is 0 Å². The number of rotatable bonds is 6. The summed E-state index contributed by atoms with van der Waals surface area (Å²) in [5.74, 6) is -1.89. The highest BCUT2D eigenvalue weighted by Gasteiger charge is 2.30. The van der Waals surface area contributed by atoms with Crippen LogP contribution in [0.15, 0.2) is 9.72 Å². The van der Waals surface area contributed by atoms with Gasteiger partial charge in [-0.25, -0.2) is 18.2 Å². The van der Waals surface area contributed by atoms with E-state index in [-0.39, 0.29) is 10.3 Å². The van der Waals surface area contributed by atoms with Crippen molar-refractivity contribution in [2.75, 3.05) is 13.6 Å². The second kappa shape index (κ2) is 6.29. The van der Waals surface area contributed by atoms with Gasteiger partial charge >= 0.3 is 5.97 Å². The van der Waals surface area contributed by atoms with E-state index in [1.807, 2.05) is 0 Å². The van der Waals surface area contributed by atoms with E-state index in [1.54, 1.807) is 13.8 Å². The largest absolute Gasteiger partial charge is 0.476 e. The van der Waals surface area contributed by atoms with Crippen LogP contribution in [-0.4, -0.2) is 54.3 Å². The Balaban J connectivity index is 2.96. The van der Waals surface area contributed by atoms with Crippen LogP contribution >= 0.6 is 11.3 Å². The minimum absolute atomic E-state index is 0.114. The number of carboxylic acid groups (broad SMARTS) is 1. The van der Waals surface area contributed by atoms with Crippen molar-refractivity contribution in [1.29, 1.82) is 0 Å². The molecule has 1 heterocycles. The maximum atomic E-state index is 12.2. The number of carbonyl (C=O) groups excluding carboxylic acids is 1. The molecule has 0 atom stereocenters. The Kier molecular flexibility index (Phi) is 5.20. The summed E-state index contributed by atoms with van der Waals surface area (Å²) in [6.07, 6.45) is 0. The van der Waals surface area contributed by atoms with Crippen LogP contribution in [-0.2, 0) is 14.8 Å². The van der Waals surface area contributed by atoms with Gasteiger partial charge in [0.15, 0.2) is 9.90 Å². The van der Waals surface area contributed by atoms with Gasteiger partial charge in [-0.15, -0.1) is 11.3 Å². The zero-order valence-corrected chi connectivity index (χ0v) is 12.8. The number of nitrogens with one attached hydrogen (secondary N) is 1. The first-order valence-electron chi connectivity index (χ1n) is 5.58. The van der Waals surface area contributed by atoms with Crippen molar-refractivity contribution < 1.29 is 23.1 Å². The number of hydrogen-bond donors (Lipinski definition) is 2. The monoisotopic (exact) mass is 321 g/mol. The van der Waals surface area contributed by atoms with Gasteiger partial charge < -0.3 is 10.4 Å². The standard InChI is InChI=1S/C10H15N3O5S2/c1-6(2)12-7(14)4-13(3)20(17,18)10-8(9(15)16)11-5-19-10/h5-6H,4H2,1-3H3,(H,12,14)(H,15,16). The fraction of sp³-hybridized carbons (Fsp3) is 0.500. The normalized spacial score (nSPS) is 11.8. The highest BCUT2D eigenvalue weighted by Crippen LogP contribution is 2.23. The van der Waals surface area contributed by atoms with Gasteiger partial charge in [-0.3, -0.25) is 4.79 Å². The van der Waals surface area contributed by atoms with Gasteiger partial charge in [-0.2, -0.15) is 4.31 Å². The number of sulfonamides is 1. The van der Waals surface area contributed by atoms with Crippen LogP contribution in [0.3, 0.4) is 0 Å². The smallest absolute Gasteiger partial charge is 0.356 e. The van der Waals surface area contributed by atoms with Gasteiger partial charge in [-0.05, 0) is 13.8 Å². The number of likely N-dealkylation sites (N-methyl/N-ethyl adjacent to an activating group) is 1. The number of aromatic nitrogens is 1. The first-order chi connectivity index (χ1) is 9.16. The molecule has 1 aromatic rings. The second-order valence-corrected chi connectivity index (χ2v) is 7.37. The minimum atomic E-state index is -4.05. The molecule has 0 saturated carbocycles. The summed E-state index contributed by atoms with van der Waals surface area (Å²) in [5, 5.41) is 11.4. The SMILES string of the molecule is CC(C)NC(=O)CN(C)S(=O)(=O)c1scnc1C(=O)O. The van der Waals surface area contributed by atoms with E-state index in [4.69, 9.17) is 5.11 Å². The number of thiazole rings is 1. The van der Waals surface area contributed by atoms with E-state index < -0.39 is 34.1 Å². The second-order valence-electron chi connectivity index (χ2n) is 4.28. The van der Waals surface area contributed by atoms with Crippen LogP contribution in [0.25, 0.3) is 0 Å².